The summed E-state index contributed by atoms with van der Waals surface area (Å²) in [6, 6.07) is 48.8. The third kappa shape index (κ3) is 7.58. The van der Waals surface area contributed by atoms with E-state index in [1.54, 1.807) is 0 Å². The molecule has 2 unspecified atom stereocenters. The first kappa shape index (κ1) is 43.7. The maximum absolute atomic E-state index is 9.47. The van der Waals surface area contributed by atoms with Crippen molar-refractivity contribution in [2.45, 2.75) is 112 Å². The molecule has 2 aliphatic carbocycles. The molecule has 0 N–H and O–H groups in total. The molecule has 0 radical (unpaired) electrons. The number of halogens is 2. The summed E-state index contributed by atoms with van der Waals surface area (Å²) >= 11 is -5.64. The summed E-state index contributed by atoms with van der Waals surface area (Å²) in [4.78, 5) is 0. The fourth-order valence-electron chi connectivity index (χ4n) is 11.7. The van der Waals surface area contributed by atoms with Crippen LogP contribution in [0.2, 0.25) is 0 Å². The van der Waals surface area contributed by atoms with Crippen molar-refractivity contribution in [1.29, 1.82) is 0 Å². The van der Waals surface area contributed by atoms with Crippen molar-refractivity contribution in [2.24, 2.45) is 0 Å². The van der Waals surface area contributed by atoms with Crippen molar-refractivity contribution in [2.75, 3.05) is 0 Å². The minimum absolute atomic E-state index is 0.0604. The summed E-state index contributed by atoms with van der Waals surface area (Å²) in [7, 11) is 18.1. The topological polar surface area (TPSA) is 0 Å². The Bertz CT molecular complexity index is 2550. The number of benzene rings is 6. The van der Waals surface area contributed by atoms with E-state index in [4.69, 9.17) is 0 Å². The SMILES string of the molecule is CCCCC1=Cc2c(-c3ccccc3CCCC)cccc2[CH]1[Zr]([Cl])([Cl])([c]1cccc2c1[SiH2]c1ccccc1-2)[CH]1C(CCCC)=Cc2c(-c3ccccc3CCCC)cccc21. The summed E-state index contributed by atoms with van der Waals surface area (Å²) in [5, 5.41) is 3.01. The number of rotatable bonds is 17. The van der Waals surface area contributed by atoms with Gasteiger partial charge in [-0.05, 0) is 0 Å². The molecular weight excluding hydrogens is 887 g/mol. The van der Waals surface area contributed by atoms with Crippen molar-refractivity contribution >= 4 is 52.3 Å². The first-order chi connectivity index (χ1) is 30.3. The van der Waals surface area contributed by atoms with E-state index in [1.807, 2.05) is 0 Å². The number of fused-ring (bicyclic) bond motifs is 5. The van der Waals surface area contributed by atoms with Gasteiger partial charge in [0.15, 0.2) is 0 Å². The number of aryl methyl sites for hydroxylation is 2. The van der Waals surface area contributed by atoms with Gasteiger partial charge in [0.2, 0.25) is 0 Å². The van der Waals surface area contributed by atoms with Gasteiger partial charge in [0.05, 0.1) is 0 Å². The van der Waals surface area contributed by atoms with E-state index in [0.29, 0.717) is 0 Å². The number of hydrogen-bond donors (Lipinski definition) is 0. The Balaban J connectivity index is 1.34. The predicted octanol–water partition coefficient (Wildman–Crippen LogP) is 15.1. The van der Waals surface area contributed by atoms with Crippen molar-refractivity contribution in [3.63, 3.8) is 0 Å². The van der Waals surface area contributed by atoms with Crippen LogP contribution in [0.25, 0.3) is 45.5 Å². The van der Waals surface area contributed by atoms with Gasteiger partial charge in [-0.2, -0.15) is 0 Å². The van der Waals surface area contributed by atoms with Crippen molar-refractivity contribution in [3.8, 4) is 33.4 Å². The second-order valence-electron chi connectivity index (χ2n) is 18.5. The molecule has 0 bridgehead atoms. The molecule has 6 aromatic rings. The molecule has 3 aliphatic rings. The molecule has 2 atom stereocenters. The Labute approximate surface area is 383 Å². The molecule has 0 saturated carbocycles. The normalized spacial score (nSPS) is 17.2. The molecule has 6 aromatic carbocycles. The first-order valence-electron chi connectivity index (χ1n) is 23.9. The average Bonchev–Trinajstić information content (AvgIpc) is 4.01. The molecule has 0 saturated heterocycles. The van der Waals surface area contributed by atoms with E-state index in [-0.39, 0.29) is 7.25 Å². The maximum atomic E-state index is 9.47. The van der Waals surface area contributed by atoms with Crippen LogP contribution in [0.1, 0.15) is 133 Å². The van der Waals surface area contributed by atoms with Crippen molar-refractivity contribution in [3.05, 3.63) is 172 Å². The quantitative estimate of drug-likeness (QED) is 0.0798. The minimum atomic E-state index is -5.64. The molecule has 0 amide bonds. The Morgan fingerprint density at radius 2 is 0.855 bits per heavy atom. The van der Waals surface area contributed by atoms with E-state index < -0.39 is 25.9 Å². The molecule has 9 rings (SSSR count). The van der Waals surface area contributed by atoms with E-state index in [1.165, 1.54) is 117 Å². The average molecular weight is 950 g/mol. The zero-order valence-electron chi connectivity index (χ0n) is 37.4. The molecule has 0 fully saturated rings. The van der Waals surface area contributed by atoms with E-state index in [9.17, 15) is 17.0 Å². The Morgan fingerprint density at radius 3 is 1.37 bits per heavy atom. The molecule has 62 heavy (non-hydrogen) atoms. The number of hydrogen-bond acceptors (Lipinski definition) is 0. The number of unbranched alkanes of at least 4 members (excludes halogenated alkanes) is 4. The van der Waals surface area contributed by atoms with Gasteiger partial charge in [-0.3, -0.25) is 0 Å². The molecule has 317 valence electrons. The van der Waals surface area contributed by atoms with E-state index in [0.717, 1.165) is 51.4 Å². The van der Waals surface area contributed by atoms with Gasteiger partial charge in [0.1, 0.15) is 0 Å². The van der Waals surface area contributed by atoms with Crippen LogP contribution in [0.15, 0.2) is 139 Å². The molecule has 0 aromatic heterocycles. The van der Waals surface area contributed by atoms with E-state index in [2.05, 4.69) is 167 Å². The zero-order valence-corrected chi connectivity index (χ0v) is 42.8. The second-order valence-corrected chi connectivity index (χ2v) is 40.9. The van der Waals surface area contributed by atoms with Crippen molar-refractivity contribution in [1.82, 2.24) is 0 Å². The summed E-state index contributed by atoms with van der Waals surface area (Å²) < 4.78 is 1.21. The van der Waals surface area contributed by atoms with Gasteiger partial charge in [-0.15, -0.1) is 0 Å². The summed E-state index contributed by atoms with van der Waals surface area (Å²) in [5.41, 5.74) is 19.3. The van der Waals surface area contributed by atoms with Gasteiger partial charge < -0.3 is 0 Å². The molecule has 0 nitrogen and oxygen atoms in total. The Morgan fingerprint density at radius 1 is 0.435 bits per heavy atom. The standard InChI is InChI=1S/2C23H27.C12H9Si.2ClH.Zr/c2*1-3-5-10-18-16-20-13-9-15-22(23(20)17-18)21-14-8-7-12-19(21)11-6-4-2;1-3-7-11-9(5-1)10-6-2-4-8-12(10)13-11;;;/h2*7-9,12-17H,3-6,10-11H2,1-2H3;1-7H,13H2;2*1H;/q;;;;;+2/p-2. The summed E-state index contributed by atoms with van der Waals surface area (Å²) in [6.07, 6.45) is 18.5. The molecule has 4 heteroatoms. The number of allylic oxidation sites excluding steroid dienone is 2. The molecule has 1 heterocycles. The van der Waals surface area contributed by atoms with Gasteiger partial charge in [0, 0.05) is 0 Å². The Hall–Kier alpha value is -3.52. The predicted molar refractivity (Wildman–Crippen MR) is 272 cm³/mol. The van der Waals surface area contributed by atoms with Crippen LogP contribution in [0.4, 0.5) is 0 Å². The molecular formula is C58H63Cl2SiZr. The fraction of sp³-hybridized carbons (Fsp3) is 0.310. The van der Waals surface area contributed by atoms with Crippen molar-refractivity contribution < 1.29 is 16.4 Å². The molecule has 1 aliphatic heterocycles. The molecule has 0 spiro atoms. The van der Waals surface area contributed by atoms with Crippen LogP contribution in [0.5, 0.6) is 0 Å². The van der Waals surface area contributed by atoms with Crippen LogP contribution in [-0.4, -0.2) is 9.52 Å². The zero-order chi connectivity index (χ0) is 42.9. The first-order valence-corrected chi connectivity index (χ1v) is 35.7. The summed E-state index contributed by atoms with van der Waals surface area (Å²) in [6.45, 7) is 9.24. The third-order valence-electron chi connectivity index (χ3n) is 14.6. The fourth-order valence-corrected chi connectivity index (χ4v) is 39.6. The third-order valence-corrected chi connectivity index (χ3v) is 37.4. The Kier molecular flexibility index (Phi) is 13.1. The van der Waals surface area contributed by atoms with Crippen LogP contribution < -0.4 is 13.6 Å². The van der Waals surface area contributed by atoms with Gasteiger partial charge in [0.25, 0.3) is 0 Å². The van der Waals surface area contributed by atoms with Crippen LogP contribution in [0.3, 0.4) is 0 Å². The van der Waals surface area contributed by atoms with E-state index >= 15 is 0 Å². The van der Waals surface area contributed by atoms with Gasteiger partial charge in [-0.25, -0.2) is 0 Å². The van der Waals surface area contributed by atoms with Gasteiger partial charge in [-0.1, -0.05) is 0 Å². The van der Waals surface area contributed by atoms with Gasteiger partial charge >= 0.3 is 386 Å². The second kappa shape index (κ2) is 18.5. The van der Waals surface area contributed by atoms with Crippen LogP contribution >= 0.6 is 17.0 Å². The van der Waals surface area contributed by atoms with Crippen LogP contribution in [-0.2, 0) is 29.2 Å². The summed E-state index contributed by atoms with van der Waals surface area (Å²) in [5.74, 6) is 0. The monoisotopic (exact) mass is 947 g/mol. The van der Waals surface area contributed by atoms with Crippen LogP contribution in [0, 0.1) is 0 Å².